The summed E-state index contributed by atoms with van der Waals surface area (Å²) in [6.45, 7) is 2.35. The number of methoxy groups -OCH3 is 1. The first-order valence-electron chi connectivity index (χ1n) is 5.81. The molecule has 0 aliphatic carbocycles. The minimum Gasteiger partial charge on any atom is -0.496 e. The zero-order chi connectivity index (χ0) is 13.7. The van der Waals surface area contributed by atoms with E-state index < -0.39 is 5.97 Å². The Labute approximate surface area is 110 Å². The highest BCUT2D eigenvalue weighted by Crippen LogP contribution is 2.18. The number of rotatable bonds is 5. The lowest BCUT2D eigenvalue weighted by Crippen LogP contribution is -2.15. The molecule has 1 aromatic carbocycles. The number of hydrogen-bond acceptors (Lipinski definition) is 6. The van der Waals surface area contributed by atoms with Crippen LogP contribution >= 0.6 is 0 Å². The molecule has 1 aromatic heterocycles. The number of nitrogens with zero attached hydrogens (tertiary/aromatic N) is 4. The van der Waals surface area contributed by atoms with Crippen molar-refractivity contribution in [1.29, 1.82) is 0 Å². The number of para-hydroxylation sites is 1. The van der Waals surface area contributed by atoms with Gasteiger partial charge < -0.3 is 9.47 Å². The molecule has 2 rings (SSSR count). The lowest BCUT2D eigenvalue weighted by Gasteiger charge is -2.08. The molecule has 0 unspecified atom stereocenters. The van der Waals surface area contributed by atoms with Gasteiger partial charge in [0, 0.05) is 5.56 Å². The van der Waals surface area contributed by atoms with E-state index in [9.17, 15) is 4.79 Å². The Bertz CT molecular complexity index is 568. The van der Waals surface area contributed by atoms with Crippen LogP contribution in [-0.2, 0) is 11.3 Å². The predicted molar refractivity (Wildman–Crippen MR) is 65.9 cm³/mol. The molecule has 0 spiro atoms. The van der Waals surface area contributed by atoms with Gasteiger partial charge in [-0.3, -0.25) is 0 Å². The molecule has 0 saturated carbocycles. The van der Waals surface area contributed by atoms with E-state index in [2.05, 4.69) is 15.5 Å². The van der Waals surface area contributed by atoms with Gasteiger partial charge in [0.15, 0.2) is 0 Å². The molecule has 100 valence electrons. The Morgan fingerprint density at radius 1 is 1.37 bits per heavy atom. The fourth-order valence-corrected chi connectivity index (χ4v) is 1.65. The van der Waals surface area contributed by atoms with Gasteiger partial charge in [-0.1, -0.05) is 18.2 Å². The van der Waals surface area contributed by atoms with Gasteiger partial charge in [-0.15, -0.1) is 5.10 Å². The van der Waals surface area contributed by atoms with Crippen LogP contribution in [0.1, 0.15) is 23.1 Å². The molecule has 0 fully saturated rings. The van der Waals surface area contributed by atoms with Crippen molar-refractivity contribution in [1.82, 2.24) is 20.2 Å². The molecule has 0 atom stereocenters. The van der Waals surface area contributed by atoms with Crippen LogP contribution in [0.2, 0.25) is 0 Å². The molecular formula is C12H14N4O3. The average Bonchev–Trinajstić information content (AvgIpc) is 2.88. The molecule has 0 amide bonds. The first kappa shape index (κ1) is 13.0. The third kappa shape index (κ3) is 2.87. The van der Waals surface area contributed by atoms with E-state index in [1.807, 2.05) is 24.3 Å². The maximum absolute atomic E-state index is 11.7. The number of tetrazole rings is 1. The van der Waals surface area contributed by atoms with Crippen molar-refractivity contribution in [3.8, 4) is 5.75 Å². The van der Waals surface area contributed by atoms with Gasteiger partial charge in [0.05, 0.1) is 20.3 Å². The van der Waals surface area contributed by atoms with Crippen LogP contribution in [0.4, 0.5) is 0 Å². The van der Waals surface area contributed by atoms with Crippen molar-refractivity contribution >= 4 is 5.97 Å². The summed E-state index contributed by atoms with van der Waals surface area (Å²) in [6, 6.07) is 7.47. The number of aromatic nitrogens is 4. The summed E-state index contributed by atoms with van der Waals surface area (Å²) in [5, 5.41) is 11.0. The van der Waals surface area contributed by atoms with Gasteiger partial charge >= 0.3 is 5.97 Å². The zero-order valence-corrected chi connectivity index (χ0v) is 10.7. The van der Waals surface area contributed by atoms with Crippen LogP contribution < -0.4 is 4.74 Å². The van der Waals surface area contributed by atoms with Crippen molar-refractivity contribution in [2.45, 2.75) is 13.5 Å². The van der Waals surface area contributed by atoms with Gasteiger partial charge in [0.1, 0.15) is 5.75 Å². The largest absolute Gasteiger partial charge is 0.496 e. The Balaban J connectivity index is 2.24. The summed E-state index contributed by atoms with van der Waals surface area (Å²) in [7, 11) is 1.59. The van der Waals surface area contributed by atoms with Crippen LogP contribution in [0.5, 0.6) is 5.75 Å². The van der Waals surface area contributed by atoms with Crippen LogP contribution in [-0.4, -0.2) is 39.9 Å². The summed E-state index contributed by atoms with van der Waals surface area (Å²) in [4.78, 5) is 11.7. The molecule has 7 heteroatoms. The fraction of sp³-hybridized carbons (Fsp3) is 0.333. The molecule has 0 saturated heterocycles. The third-order valence-electron chi connectivity index (χ3n) is 2.50. The summed E-state index contributed by atoms with van der Waals surface area (Å²) >= 11 is 0. The Morgan fingerprint density at radius 2 is 2.16 bits per heavy atom. The van der Waals surface area contributed by atoms with E-state index in [0.717, 1.165) is 5.56 Å². The SMILES string of the molecule is CCOC(=O)c1nnnn1Cc1ccccc1OC. The van der Waals surface area contributed by atoms with E-state index >= 15 is 0 Å². The van der Waals surface area contributed by atoms with Crippen LogP contribution in [0, 0.1) is 0 Å². The molecule has 19 heavy (non-hydrogen) atoms. The fourth-order valence-electron chi connectivity index (χ4n) is 1.65. The zero-order valence-electron chi connectivity index (χ0n) is 10.7. The van der Waals surface area contributed by atoms with Crippen molar-refractivity contribution < 1.29 is 14.3 Å². The van der Waals surface area contributed by atoms with E-state index in [1.165, 1.54) is 4.68 Å². The Hall–Kier alpha value is -2.44. The minimum atomic E-state index is -0.539. The Morgan fingerprint density at radius 3 is 2.89 bits per heavy atom. The second-order valence-electron chi connectivity index (χ2n) is 3.69. The first-order chi connectivity index (χ1) is 9.26. The van der Waals surface area contributed by atoms with E-state index in [4.69, 9.17) is 9.47 Å². The molecule has 0 aliphatic rings. The topological polar surface area (TPSA) is 79.1 Å². The lowest BCUT2D eigenvalue weighted by molar-refractivity contribution is 0.0505. The summed E-state index contributed by atoms with van der Waals surface area (Å²) in [6.07, 6.45) is 0. The second-order valence-corrected chi connectivity index (χ2v) is 3.69. The van der Waals surface area contributed by atoms with Gasteiger partial charge in [0.25, 0.3) is 5.82 Å². The molecule has 0 radical (unpaired) electrons. The number of hydrogen-bond donors (Lipinski definition) is 0. The number of carbonyl (C=O) groups is 1. The van der Waals surface area contributed by atoms with Crippen LogP contribution in [0.15, 0.2) is 24.3 Å². The number of ether oxygens (including phenoxy) is 2. The highest BCUT2D eigenvalue weighted by Gasteiger charge is 2.17. The first-order valence-corrected chi connectivity index (χ1v) is 5.81. The van der Waals surface area contributed by atoms with Crippen molar-refractivity contribution in [2.75, 3.05) is 13.7 Å². The van der Waals surface area contributed by atoms with Crippen molar-refractivity contribution in [2.24, 2.45) is 0 Å². The number of carbonyl (C=O) groups excluding carboxylic acids is 1. The minimum absolute atomic E-state index is 0.0766. The van der Waals surface area contributed by atoms with Crippen molar-refractivity contribution in [3.63, 3.8) is 0 Å². The van der Waals surface area contributed by atoms with Gasteiger partial charge in [-0.2, -0.15) is 0 Å². The summed E-state index contributed by atoms with van der Waals surface area (Å²) in [5.41, 5.74) is 0.878. The molecule has 2 aromatic rings. The van der Waals surface area contributed by atoms with E-state index in [-0.39, 0.29) is 12.4 Å². The number of benzene rings is 1. The maximum Gasteiger partial charge on any atom is 0.378 e. The van der Waals surface area contributed by atoms with Crippen LogP contribution in [0.3, 0.4) is 0 Å². The number of esters is 1. The predicted octanol–water partition coefficient (Wildman–Crippen LogP) is 0.907. The van der Waals surface area contributed by atoms with Gasteiger partial charge in [-0.05, 0) is 23.4 Å². The molecular weight excluding hydrogens is 248 g/mol. The third-order valence-corrected chi connectivity index (χ3v) is 2.50. The second kappa shape index (κ2) is 5.94. The molecule has 0 N–H and O–H groups in total. The summed E-state index contributed by atoms with van der Waals surface area (Å²) < 4.78 is 11.5. The standard InChI is InChI=1S/C12H14N4O3/c1-3-19-12(17)11-13-14-15-16(11)8-9-6-4-5-7-10(9)18-2/h4-7H,3,8H2,1-2H3. The molecule has 7 nitrogen and oxygen atoms in total. The summed E-state index contributed by atoms with van der Waals surface area (Å²) in [5.74, 6) is 0.253. The average molecular weight is 262 g/mol. The molecule has 0 bridgehead atoms. The lowest BCUT2D eigenvalue weighted by atomic mass is 10.2. The van der Waals surface area contributed by atoms with Gasteiger partial charge in [0.2, 0.25) is 0 Å². The molecule has 1 heterocycles. The van der Waals surface area contributed by atoms with Crippen molar-refractivity contribution in [3.05, 3.63) is 35.7 Å². The Kier molecular flexibility index (Phi) is 4.07. The highest BCUT2D eigenvalue weighted by atomic mass is 16.5. The quantitative estimate of drug-likeness (QED) is 0.745. The smallest absolute Gasteiger partial charge is 0.378 e. The monoisotopic (exact) mass is 262 g/mol. The highest BCUT2D eigenvalue weighted by molar-refractivity contribution is 5.85. The van der Waals surface area contributed by atoms with E-state index in [1.54, 1.807) is 14.0 Å². The van der Waals surface area contributed by atoms with Gasteiger partial charge in [-0.25, -0.2) is 9.48 Å². The van der Waals surface area contributed by atoms with Crippen LogP contribution in [0.25, 0.3) is 0 Å². The van der Waals surface area contributed by atoms with E-state index in [0.29, 0.717) is 12.3 Å². The normalized spacial score (nSPS) is 10.2. The maximum atomic E-state index is 11.7. The molecule has 0 aliphatic heterocycles.